The van der Waals surface area contributed by atoms with Crippen molar-refractivity contribution in [2.75, 3.05) is 18.8 Å². The molecule has 0 bridgehead atoms. The zero-order valence-corrected chi connectivity index (χ0v) is 15.2. The maximum absolute atomic E-state index is 14.1. The number of hydrogen-bond acceptors (Lipinski definition) is 3. The van der Waals surface area contributed by atoms with Crippen molar-refractivity contribution in [1.29, 1.82) is 0 Å². The molecule has 1 aliphatic carbocycles. The molecule has 2 aliphatic rings. The zero-order chi connectivity index (χ0) is 18.0. The number of nitrogens with zero attached hydrogens (tertiary/aromatic N) is 1. The molecule has 2 unspecified atom stereocenters. The second kappa shape index (κ2) is 7.64. The third kappa shape index (κ3) is 4.65. The van der Waals surface area contributed by atoms with Crippen LogP contribution in [0.4, 0.5) is 8.78 Å². The Kier molecular flexibility index (Phi) is 6.23. The fraction of sp³-hybridized carbons (Fsp3) is 0.938. The van der Waals surface area contributed by atoms with Crippen LogP contribution in [0, 0.1) is 11.8 Å². The van der Waals surface area contributed by atoms with E-state index in [4.69, 9.17) is 0 Å². The first-order valence-electron chi connectivity index (χ1n) is 8.78. The van der Waals surface area contributed by atoms with E-state index in [0.717, 1.165) is 0 Å². The van der Waals surface area contributed by atoms with Crippen molar-refractivity contribution in [3.05, 3.63) is 0 Å². The van der Waals surface area contributed by atoms with Crippen LogP contribution >= 0.6 is 0 Å². The quantitative estimate of drug-likeness (QED) is 0.812. The Labute approximate surface area is 143 Å². The molecule has 1 aliphatic heterocycles. The summed E-state index contributed by atoms with van der Waals surface area (Å²) in [5.74, 6) is -4.84. The molecule has 2 atom stereocenters. The van der Waals surface area contributed by atoms with E-state index in [1.165, 1.54) is 4.31 Å². The van der Waals surface area contributed by atoms with Crippen LogP contribution in [0.1, 0.15) is 52.4 Å². The molecule has 2 rings (SSSR count). The molecule has 0 spiro atoms. The predicted octanol–water partition coefficient (Wildman–Crippen LogP) is 2.38. The Bertz CT molecular complexity index is 552. The van der Waals surface area contributed by atoms with Crippen LogP contribution in [-0.2, 0) is 14.8 Å². The molecule has 0 aromatic rings. The van der Waals surface area contributed by atoms with Gasteiger partial charge in [-0.1, -0.05) is 20.3 Å². The fourth-order valence-electron chi connectivity index (χ4n) is 3.58. The minimum Gasteiger partial charge on any atom is -0.355 e. The monoisotopic (exact) mass is 366 g/mol. The summed E-state index contributed by atoms with van der Waals surface area (Å²) in [5, 5.41) is 2.73. The Morgan fingerprint density at radius 3 is 2.62 bits per heavy atom. The molecule has 8 heteroatoms. The minimum absolute atomic E-state index is 0.132. The molecular formula is C16H28F2N2O3S. The maximum Gasteiger partial charge on any atom is 0.251 e. The molecule has 0 radical (unpaired) electrons. The number of carbonyl (C=O) groups excluding carboxylic acids is 1. The first-order chi connectivity index (χ1) is 11.1. The molecule has 1 heterocycles. The molecular weight excluding hydrogens is 338 g/mol. The van der Waals surface area contributed by atoms with E-state index >= 15 is 0 Å². The summed E-state index contributed by atoms with van der Waals surface area (Å²) in [6, 6.07) is -0.797. The molecule has 5 nitrogen and oxygen atoms in total. The molecule has 24 heavy (non-hydrogen) atoms. The SMILES string of the molecule is CC(C)CC1C(=O)NCCCN1S(=O)(=O)CC1CCCCC1(F)F. The Balaban J connectivity index is 2.21. The van der Waals surface area contributed by atoms with Crippen LogP contribution < -0.4 is 5.32 Å². The molecule has 140 valence electrons. The normalized spacial score (nSPS) is 29.3. The summed E-state index contributed by atoms with van der Waals surface area (Å²) in [6.07, 6.45) is 1.94. The average molecular weight is 366 g/mol. The number of carbonyl (C=O) groups is 1. The Morgan fingerprint density at radius 1 is 1.29 bits per heavy atom. The largest absolute Gasteiger partial charge is 0.355 e. The first kappa shape index (κ1) is 19.6. The molecule has 0 aromatic heterocycles. The van der Waals surface area contributed by atoms with E-state index in [0.29, 0.717) is 32.2 Å². The van der Waals surface area contributed by atoms with Crippen LogP contribution in [0.2, 0.25) is 0 Å². The van der Waals surface area contributed by atoms with Crippen LogP contribution in [0.5, 0.6) is 0 Å². The van der Waals surface area contributed by atoms with E-state index < -0.39 is 33.7 Å². The van der Waals surface area contributed by atoms with E-state index in [1.807, 2.05) is 13.8 Å². The van der Waals surface area contributed by atoms with Crippen LogP contribution in [0.25, 0.3) is 0 Å². The number of amides is 1. The van der Waals surface area contributed by atoms with Gasteiger partial charge < -0.3 is 5.32 Å². The van der Waals surface area contributed by atoms with Crippen molar-refractivity contribution in [2.45, 2.75) is 64.3 Å². The topological polar surface area (TPSA) is 66.5 Å². The Hall–Kier alpha value is -0.760. The summed E-state index contributed by atoms with van der Waals surface area (Å²) < 4.78 is 55.0. The van der Waals surface area contributed by atoms with Gasteiger partial charge in [-0.05, 0) is 31.6 Å². The number of alkyl halides is 2. The van der Waals surface area contributed by atoms with Gasteiger partial charge in [-0.15, -0.1) is 0 Å². The standard InChI is InChI=1S/C16H28F2N2O3S/c1-12(2)10-14-15(21)19-8-5-9-20(14)24(22,23)11-13-6-3-4-7-16(13,17)18/h12-14H,3-11H2,1-2H3,(H,19,21). The van der Waals surface area contributed by atoms with Crippen molar-refractivity contribution in [3.8, 4) is 0 Å². The second-order valence-electron chi connectivity index (χ2n) is 7.38. The summed E-state index contributed by atoms with van der Waals surface area (Å²) in [4.78, 5) is 12.3. The lowest BCUT2D eigenvalue weighted by Gasteiger charge is -2.34. The molecule has 2 fully saturated rings. The third-order valence-corrected chi connectivity index (χ3v) is 6.85. The lowest BCUT2D eigenvalue weighted by Crippen LogP contribution is -2.50. The van der Waals surface area contributed by atoms with E-state index in [1.54, 1.807) is 0 Å². The number of halogens is 2. The summed E-state index contributed by atoms with van der Waals surface area (Å²) in [7, 11) is -3.91. The highest BCUT2D eigenvalue weighted by atomic mass is 32.2. The van der Waals surface area contributed by atoms with Crippen molar-refractivity contribution < 1.29 is 22.0 Å². The molecule has 1 N–H and O–H groups in total. The summed E-state index contributed by atoms with van der Waals surface area (Å²) in [5.41, 5.74) is 0. The van der Waals surface area contributed by atoms with Gasteiger partial charge in [0.15, 0.2) is 0 Å². The van der Waals surface area contributed by atoms with Gasteiger partial charge in [0.05, 0.1) is 5.75 Å². The second-order valence-corrected chi connectivity index (χ2v) is 9.35. The maximum atomic E-state index is 14.1. The van der Waals surface area contributed by atoms with Gasteiger partial charge in [0.2, 0.25) is 15.9 Å². The molecule has 1 saturated carbocycles. The van der Waals surface area contributed by atoms with Gasteiger partial charge in [0.25, 0.3) is 5.92 Å². The van der Waals surface area contributed by atoms with Crippen LogP contribution in [0.15, 0.2) is 0 Å². The van der Waals surface area contributed by atoms with Gasteiger partial charge in [0, 0.05) is 25.4 Å². The van der Waals surface area contributed by atoms with Crippen molar-refractivity contribution in [1.82, 2.24) is 9.62 Å². The van der Waals surface area contributed by atoms with Crippen molar-refractivity contribution in [2.24, 2.45) is 11.8 Å². The number of sulfonamides is 1. The highest BCUT2D eigenvalue weighted by molar-refractivity contribution is 7.89. The molecule has 1 amide bonds. The first-order valence-corrected chi connectivity index (χ1v) is 10.4. The molecule has 1 saturated heterocycles. The summed E-state index contributed by atoms with van der Waals surface area (Å²) >= 11 is 0. The number of nitrogens with one attached hydrogen (secondary N) is 1. The number of rotatable bonds is 5. The van der Waals surface area contributed by atoms with E-state index in [2.05, 4.69) is 5.32 Å². The average Bonchev–Trinajstić information content (AvgIpc) is 2.64. The summed E-state index contributed by atoms with van der Waals surface area (Å²) in [6.45, 7) is 4.45. The van der Waals surface area contributed by atoms with E-state index in [-0.39, 0.29) is 31.2 Å². The third-order valence-electron chi connectivity index (χ3n) is 4.88. The lowest BCUT2D eigenvalue weighted by molar-refractivity contribution is -0.124. The van der Waals surface area contributed by atoms with Crippen LogP contribution in [0.3, 0.4) is 0 Å². The van der Waals surface area contributed by atoms with Crippen molar-refractivity contribution in [3.63, 3.8) is 0 Å². The van der Waals surface area contributed by atoms with Gasteiger partial charge in [-0.3, -0.25) is 4.79 Å². The molecule has 0 aromatic carbocycles. The van der Waals surface area contributed by atoms with Crippen molar-refractivity contribution >= 4 is 15.9 Å². The lowest BCUT2D eigenvalue weighted by atomic mass is 9.87. The number of hydrogen-bond donors (Lipinski definition) is 1. The van der Waals surface area contributed by atoms with Crippen LogP contribution in [-0.4, -0.2) is 49.4 Å². The van der Waals surface area contributed by atoms with Gasteiger partial charge >= 0.3 is 0 Å². The van der Waals surface area contributed by atoms with Gasteiger partial charge in [0.1, 0.15) is 6.04 Å². The van der Waals surface area contributed by atoms with Gasteiger partial charge in [-0.2, -0.15) is 4.31 Å². The smallest absolute Gasteiger partial charge is 0.251 e. The highest BCUT2D eigenvalue weighted by Gasteiger charge is 2.46. The highest BCUT2D eigenvalue weighted by Crippen LogP contribution is 2.39. The Morgan fingerprint density at radius 2 is 2.00 bits per heavy atom. The predicted molar refractivity (Wildman–Crippen MR) is 88.3 cm³/mol. The van der Waals surface area contributed by atoms with E-state index in [9.17, 15) is 22.0 Å². The zero-order valence-electron chi connectivity index (χ0n) is 14.4. The fourth-order valence-corrected chi connectivity index (χ4v) is 5.66. The minimum atomic E-state index is -3.91. The van der Waals surface area contributed by atoms with Gasteiger partial charge in [-0.25, -0.2) is 17.2 Å².